The molecule has 3 aromatic carbocycles. The zero-order valence-electron chi connectivity index (χ0n) is 20.0. The van der Waals surface area contributed by atoms with Gasteiger partial charge < -0.3 is 14.6 Å². The first kappa shape index (κ1) is 21.7. The second kappa shape index (κ2) is 8.42. The highest BCUT2D eigenvalue weighted by Crippen LogP contribution is 2.50. The number of carbonyl (C=O) groups excluding carboxylic acids is 2. The number of fused-ring (bicyclic) bond motifs is 2. The molecule has 1 saturated heterocycles. The zero-order chi connectivity index (χ0) is 24.1. The fourth-order valence-electron chi connectivity index (χ4n) is 5.54. The number of benzene rings is 3. The Kier molecular flexibility index (Phi) is 5.21. The molecule has 3 atom stereocenters. The number of amides is 2. The van der Waals surface area contributed by atoms with Gasteiger partial charge in [0.25, 0.3) is 11.8 Å². The second-order valence-electron chi connectivity index (χ2n) is 9.88. The first-order chi connectivity index (χ1) is 17.0. The molecule has 1 aliphatic carbocycles. The Morgan fingerprint density at radius 1 is 0.971 bits per heavy atom. The van der Waals surface area contributed by atoms with Crippen molar-refractivity contribution >= 4 is 22.8 Å². The highest BCUT2D eigenvalue weighted by molar-refractivity contribution is 6.06. The summed E-state index contributed by atoms with van der Waals surface area (Å²) in [7, 11) is 0. The maximum Gasteiger partial charge on any atom is 0.254 e. The molecule has 2 aliphatic rings. The van der Waals surface area contributed by atoms with Crippen molar-refractivity contribution in [2.45, 2.75) is 26.3 Å². The third-order valence-corrected chi connectivity index (χ3v) is 7.75. The lowest BCUT2D eigenvalue weighted by atomic mass is 9.95. The molecule has 0 unspecified atom stereocenters. The summed E-state index contributed by atoms with van der Waals surface area (Å²) >= 11 is 0. The minimum atomic E-state index is -0.135. The molecule has 0 spiro atoms. The van der Waals surface area contributed by atoms with Crippen molar-refractivity contribution < 1.29 is 14.0 Å². The normalized spacial score (nSPS) is 20.6. The molecule has 4 aromatic rings. The first-order valence-corrected chi connectivity index (χ1v) is 12.2. The van der Waals surface area contributed by atoms with Crippen molar-refractivity contribution in [2.24, 2.45) is 11.8 Å². The topological polar surface area (TPSA) is 62.6 Å². The van der Waals surface area contributed by atoms with Crippen LogP contribution in [0, 0.1) is 25.7 Å². The smallest absolute Gasteiger partial charge is 0.254 e. The van der Waals surface area contributed by atoms with Gasteiger partial charge in [-0.15, -0.1) is 0 Å². The number of rotatable bonds is 5. The summed E-state index contributed by atoms with van der Waals surface area (Å²) in [4.78, 5) is 28.8. The van der Waals surface area contributed by atoms with E-state index in [-0.39, 0.29) is 17.9 Å². The number of nitrogens with zero attached hydrogens (tertiary/aromatic N) is 1. The molecule has 6 rings (SSSR count). The summed E-state index contributed by atoms with van der Waals surface area (Å²) < 4.78 is 5.44. The van der Waals surface area contributed by atoms with Crippen molar-refractivity contribution in [1.29, 1.82) is 0 Å². The molecule has 2 heterocycles. The molecular weight excluding hydrogens is 436 g/mol. The van der Waals surface area contributed by atoms with Gasteiger partial charge in [0.15, 0.2) is 0 Å². The molecule has 1 N–H and O–H groups in total. The average Bonchev–Trinajstić information content (AvgIpc) is 3.30. The van der Waals surface area contributed by atoms with Crippen molar-refractivity contribution in [3.63, 3.8) is 0 Å². The summed E-state index contributed by atoms with van der Waals surface area (Å²) in [5.41, 5.74) is 6.46. The van der Waals surface area contributed by atoms with Gasteiger partial charge in [0.05, 0.1) is 17.9 Å². The molecule has 35 heavy (non-hydrogen) atoms. The van der Waals surface area contributed by atoms with Crippen LogP contribution in [0.2, 0.25) is 0 Å². The van der Waals surface area contributed by atoms with Gasteiger partial charge in [0.1, 0.15) is 5.58 Å². The van der Waals surface area contributed by atoms with Crippen LogP contribution < -0.4 is 5.32 Å². The molecule has 1 saturated carbocycles. The number of nitrogens with one attached hydrogen (secondary N) is 1. The molecule has 2 amide bonds. The van der Waals surface area contributed by atoms with Gasteiger partial charge in [0, 0.05) is 24.0 Å². The molecule has 1 aromatic heterocycles. The third-order valence-electron chi connectivity index (χ3n) is 7.75. The van der Waals surface area contributed by atoms with Gasteiger partial charge in [-0.25, -0.2) is 0 Å². The maximum atomic E-state index is 13.8. The van der Waals surface area contributed by atoms with E-state index in [0.717, 1.165) is 35.0 Å². The summed E-state index contributed by atoms with van der Waals surface area (Å²) in [5.74, 6) is 0.899. The quantitative estimate of drug-likeness (QED) is 0.418. The number of hydrogen-bond acceptors (Lipinski definition) is 3. The third kappa shape index (κ3) is 3.81. The predicted octanol–water partition coefficient (Wildman–Crippen LogP) is 5.61. The van der Waals surface area contributed by atoms with Crippen LogP contribution in [0.5, 0.6) is 0 Å². The van der Waals surface area contributed by atoms with Gasteiger partial charge in [-0.3, -0.25) is 9.59 Å². The monoisotopic (exact) mass is 464 g/mol. The van der Waals surface area contributed by atoms with Crippen LogP contribution in [0.4, 0.5) is 0 Å². The summed E-state index contributed by atoms with van der Waals surface area (Å²) in [5, 5.41) is 3.90. The fraction of sp³-hybridized carbons (Fsp3) is 0.267. The molecule has 0 bridgehead atoms. The van der Waals surface area contributed by atoms with Gasteiger partial charge in [0.2, 0.25) is 0 Å². The molecule has 0 radical (unpaired) electrons. The molecule has 1 aliphatic heterocycles. The standard InChI is InChI=1S/C30H28N2O3/c1-18-10-11-20(14-19(18)2)22-6-3-4-7-25(22)30(34)32-17-21-15-26(21)27(32)16-31-29(33)24-8-5-9-28-23(24)12-13-35-28/h3-14,21,26-27H,15-17H2,1-2H3,(H,31,33)/t21-,26-,27-/m1/s1. The number of aryl methyl sites for hydroxylation is 2. The highest BCUT2D eigenvalue weighted by atomic mass is 16.3. The van der Waals surface area contributed by atoms with Crippen molar-refractivity contribution in [3.05, 3.63) is 95.2 Å². The van der Waals surface area contributed by atoms with E-state index in [4.69, 9.17) is 4.42 Å². The predicted molar refractivity (Wildman–Crippen MR) is 136 cm³/mol. The number of furan rings is 1. The van der Waals surface area contributed by atoms with Crippen molar-refractivity contribution in [1.82, 2.24) is 10.2 Å². The summed E-state index contributed by atoms with van der Waals surface area (Å²) in [6.07, 6.45) is 2.72. The highest BCUT2D eigenvalue weighted by Gasteiger charge is 2.54. The minimum absolute atomic E-state index is 0.00723. The Morgan fingerprint density at radius 2 is 1.80 bits per heavy atom. The fourth-order valence-corrected chi connectivity index (χ4v) is 5.54. The van der Waals surface area contributed by atoms with Gasteiger partial charge in [-0.05, 0) is 78.6 Å². The lowest BCUT2D eigenvalue weighted by Gasteiger charge is -2.29. The lowest BCUT2D eigenvalue weighted by molar-refractivity contribution is 0.0695. The van der Waals surface area contributed by atoms with Crippen LogP contribution in [-0.2, 0) is 0 Å². The Balaban J connectivity index is 1.24. The van der Waals surface area contributed by atoms with Crippen LogP contribution in [0.3, 0.4) is 0 Å². The SMILES string of the molecule is Cc1ccc(-c2ccccc2C(=O)N2C[C@H]3C[C@H]3[C@H]2CNC(=O)c2cccc3occc23)cc1C. The van der Waals surface area contributed by atoms with Crippen LogP contribution in [0.25, 0.3) is 22.1 Å². The molecule has 5 heteroatoms. The van der Waals surface area contributed by atoms with Gasteiger partial charge >= 0.3 is 0 Å². The largest absolute Gasteiger partial charge is 0.464 e. The molecule has 2 fully saturated rings. The van der Waals surface area contributed by atoms with Gasteiger partial charge in [-0.2, -0.15) is 0 Å². The summed E-state index contributed by atoms with van der Waals surface area (Å²) in [6.45, 7) is 5.40. The molecule has 176 valence electrons. The van der Waals surface area contributed by atoms with E-state index in [1.165, 1.54) is 11.1 Å². The summed E-state index contributed by atoms with van der Waals surface area (Å²) in [6, 6.07) is 21.5. The lowest BCUT2D eigenvalue weighted by Crippen LogP contribution is -2.45. The Hall–Kier alpha value is -3.86. The maximum absolute atomic E-state index is 13.8. The Labute approximate surface area is 204 Å². The van der Waals surface area contributed by atoms with E-state index in [1.54, 1.807) is 6.26 Å². The number of carbonyl (C=O) groups is 2. The average molecular weight is 465 g/mol. The van der Waals surface area contributed by atoms with E-state index >= 15 is 0 Å². The Morgan fingerprint density at radius 3 is 2.66 bits per heavy atom. The number of piperidine rings is 1. The number of hydrogen-bond donors (Lipinski definition) is 1. The van der Waals surface area contributed by atoms with E-state index in [9.17, 15) is 9.59 Å². The number of likely N-dealkylation sites (tertiary alicyclic amines) is 1. The second-order valence-corrected chi connectivity index (χ2v) is 9.88. The van der Waals surface area contributed by atoms with E-state index in [2.05, 4.69) is 37.4 Å². The Bertz CT molecular complexity index is 1450. The zero-order valence-corrected chi connectivity index (χ0v) is 20.0. The molecule has 5 nitrogen and oxygen atoms in total. The minimum Gasteiger partial charge on any atom is -0.464 e. The molecular formula is C30H28N2O3. The van der Waals surface area contributed by atoms with Crippen molar-refractivity contribution in [3.8, 4) is 11.1 Å². The van der Waals surface area contributed by atoms with E-state index in [1.807, 2.05) is 53.4 Å². The van der Waals surface area contributed by atoms with Crippen LogP contribution in [0.1, 0.15) is 38.3 Å². The van der Waals surface area contributed by atoms with E-state index < -0.39 is 0 Å². The van der Waals surface area contributed by atoms with E-state index in [0.29, 0.717) is 29.5 Å². The van der Waals surface area contributed by atoms with Crippen LogP contribution in [-0.4, -0.2) is 35.8 Å². The van der Waals surface area contributed by atoms with Crippen LogP contribution >= 0.6 is 0 Å². The van der Waals surface area contributed by atoms with Crippen LogP contribution in [0.15, 0.2) is 77.4 Å². The van der Waals surface area contributed by atoms with Gasteiger partial charge in [-0.1, -0.05) is 42.5 Å². The van der Waals surface area contributed by atoms with Crippen molar-refractivity contribution in [2.75, 3.05) is 13.1 Å². The first-order valence-electron chi connectivity index (χ1n) is 12.2.